The third-order valence-electron chi connectivity index (χ3n) is 2.72. The Kier molecular flexibility index (Phi) is 3.76. The van der Waals surface area contributed by atoms with E-state index in [1.807, 2.05) is 12.1 Å². The molecule has 2 aromatic carbocycles. The summed E-state index contributed by atoms with van der Waals surface area (Å²) in [7, 11) is 0. The summed E-state index contributed by atoms with van der Waals surface area (Å²) in [4.78, 5) is 0. The molecule has 0 aliphatic rings. The van der Waals surface area contributed by atoms with Crippen LogP contribution in [0, 0.1) is 13.8 Å². The minimum Gasteiger partial charge on any atom is -0.122 e. The molecule has 0 aliphatic carbocycles. The van der Waals surface area contributed by atoms with E-state index in [4.69, 9.17) is 23.2 Å². The molecule has 0 aromatic heterocycles. The Labute approximate surface area is 112 Å². The van der Waals surface area contributed by atoms with Gasteiger partial charge in [0, 0.05) is 16.5 Å². The van der Waals surface area contributed by atoms with Crippen molar-refractivity contribution in [2.24, 2.45) is 0 Å². The lowest BCUT2D eigenvalue weighted by Crippen LogP contribution is -1.86. The fourth-order valence-corrected chi connectivity index (χ4v) is 2.40. The Morgan fingerprint density at radius 2 is 1.59 bits per heavy atom. The third-order valence-corrected chi connectivity index (χ3v) is 3.36. The maximum Gasteiger partial charge on any atom is 0.0484 e. The summed E-state index contributed by atoms with van der Waals surface area (Å²) in [6.45, 7) is 4.19. The number of aryl methyl sites for hydroxylation is 2. The van der Waals surface area contributed by atoms with Gasteiger partial charge in [-0.3, -0.25) is 0 Å². The highest BCUT2D eigenvalue weighted by Gasteiger charge is 2.05. The minimum absolute atomic E-state index is 0.509. The summed E-state index contributed by atoms with van der Waals surface area (Å²) >= 11 is 12.1. The van der Waals surface area contributed by atoms with Crippen LogP contribution in [0.15, 0.2) is 36.4 Å². The molecule has 0 radical (unpaired) electrons. The van der Waals surface area contributed by atoms with E-state index in [2.05, 4.69) is 38.1 Å². The topological polar surface area (TPSA) is 0 Å². The SMILES string of the molecule is Cc1cc(C)cc(-c2cc(CCl)ccc2Cl)c1. The monoisotopic (exact) mass is 264 g/mol. The van der Waals surface area contributed by atoms with Crippen LogP contribution in [-0.2, 0) is 5.88 Å². The van der Waals surface area contributed by atoms with Gasteiger partial charge < -0.3 is 0 Å². The molecule has 17 heavy (non-hydrogen) atoms. The molecule has 0 aliphatic heterocycles. The smallest absolute Gasteiger partial charge is 0.0484 e. The molecule has 0 unspecified atom stereocenters. The van der Waals surface area contributed by atoms with Crippen molar-refractivity contribution in [1.82, 2.24) is 0 Å². The highest BCUT2D eigenvalue weighted by atomic mass is 35.5. The molecular formula is C15H14Cl2. The van der Waals surface area contributed by atoms with Crippen molar-refractivity contribution in [1.29, 1.82) is 0 Å². The van der Waals surface area contributed by atoms with Gasteiger partial charge in [-0.1, -0.05) is 47.0 Å². The van der Waals surface area contributed by atoms with Crippen LogP contribution in [0.25, 0.3) is 11.1 Å². The first-order valence-electron chi connectivity index (χ1n) is 5.53. The van der Waals surface area contributed by atoms with Gasteiger partial charge in [0.2, 0.25) is 0 Å². The van der Waals surface area contributed by atoms with Crippen LogP contribution in [0.2, 0.25) is 5.02 Å². The number of rotatable bonds is 2. The molecule has 2 aromatic rings. The largest absolute Gasteiger partial charge is 0.122 e. The summed E-state index contributed by atoms with van der Waals surface area (Å²) in [5.74, 6) is 0.509. The van der Waals surface area contributed by atoms with Gasteiger partial charge in [0.15, 0.2) is 0 Å². The van der Waals surface area contributed by atoms with Crippen LogP contribution in [0.1, 0.15) is 16.7 Å². The molecule has 0 amide bonds. The Bertz CT molecular complexity index is 524. The van der Waals surface area contributed by atoms with Crippen LogP contribution < -0.4 is 0 Å². The van der Waals surface area contributed by atoms with Gasteiger partial charge in [0.05, 0.1) is 0 Å². The quantitative estimate of drug-likeness (QED) is 0.641. The van der Waals surface area contributed by atoms with E-state index in [9.17, 15) is 0 Å². The van der Waals surface area contributed by atoms with E-state index in [0.29, 0.717) is 5.88 Å². The zero-order valence-electron chi connectivity index (χ0n) is 9.93. The molecule has 0 spiro atoms. The van der Waals surface area contributed by atoms with Crippen molar-refractivity contribution < 1.29 is 0 Å². The molecule has 0 fully saturated rings. The van der Waals surface area contributed by atoms with Gasteiger partial charge in [0.25, 0.3) is 0 Å². The fraction of sp³-hybridized carbons (Fsp3) is 0.200. The van der Waals surface area contributed by atoms with E-state index in [1.54, 1.807) is 0 Å². The van der Waals surface area contributed by atoms with Crippen molar-refractivity contribution in [3.05, 3.63) is 58.1 Å². The number of alkyl halides is 1. The van der Waals surface area contributed by atoms with E-state index in [0.717, 1.165) is 21.7 Å². The standard InChI is InChI=1S/C15H14Cl2/c1-10-5-11(2)7-13(6-10)14-8-12(9-16)3-4-15(14)17/h3-8H,9H2,1-2H3. The highest BCUT2D eigenvalue weighted by molar-refractivity contribution is 6.33. The van der Waals surface area contributed by atoms with Gasteiger partial charge in [-0.15, -0.1) is 11.6 Å². The second-order valence-corrected chi connectivity index (χ2v) is 5.00. The van der Waals surface area contributed by atoms with Crippen LogP contribution in [0.3, 0.4) is 0 Å². The summed E-state index contributed by atoms with van der Waals surface area (Å²) in [5, 5.41) is 0.767. The Morgan fingerprint density at radius 3 is 2.18 bits per heavy atom. The van der Waals surface area contributed by atoms with Gasteiger partial charge in [-0.25, -0.2) is 0 Å². The maximum absolute atomic E-state index is 6.25. The lowest BCUT2D eigenvalue weighted by atomic mass is 9.99. The molecule has 2 rings (SSSR count). The van der Waals surface area contributed by atoms with Crippen molar-refractivity contribution in [3.8, 4) is 11.1 Å². The number of hydrogen-bond donors (Lipinski definition) is 0. The van der Waals surface area contributed by atoms with Crippen LogP contribution in [0.4, 0.5) is 0 Å². The third kappa shape index (κ3) is 2.83. The zero-order valence-corrected chi connectivity index (χ0v) is 11.4. The first-order chi connectivity index (χ1) is 8.10. The first-order valence-corrected chi connectivity index (χ1v) is 6.44. The van der Waals surface area contributed by atoms with Crippen molar-refractivity contribution in [3.63, 3.8) is 0 Å². The van der Waals surface area contributed by atoms with Crippen LogP contribution in [-0.4, -0.2) is 0 Å². The zero-order chi connectivity index (χ0) is 12.4. The minimum atomic E-state index is 0.509. The van der Waals surface area contributed by atoms with Crippen molar-refractivity contribution in [2.45, 2.75) is 19.7 Å². The summed E-state index contributed by atoms with van der Waals surface area (Å²) < 4.78 is 0. The molecule has 0 N–H and O–H groups in total. The Morgan fingerprint density at radius 1 is 0.941 bits per heavy atom. The molecule has 0 saturated heterocycles. The van der Waals surface area contributed by atoms with Gasteiger partial charge in [-0.05, 0) is 37.1 Å². The Balaban J connectivity index is 2.58. The fourth-order valence-electron chi connectivity index (χ4n) is 2.01. The molecule has 88 valence electrons. The predicted molar refractivity (Wildman–Crippen MR) is 75.9 cm³/mol. The number of hydrogen-bond acceptors (Lipinski definition) is 0. The van der Waals surface area contributed by atoms with Crippen LogP contribution in [0.5, 0.6) is 0 Å². The van der Waals surface area contributed by atoms with Gasteiger partial charge in [-0.2, -0.15) is 0 Å². The van der Waals surface area contributed by atoms with E-state index in [-0.39, 0.29) is 0 Å². The summed E-state index contributed by atoms with van der Waals surface area (Å²) in [6.07, 6.45) is 0. The van der Waals surface area contributed by atoms with E-state index >= 15 is 0 Å². The van der Waals surface area contributed by atoms with Crippen molar-refractivity contribution in [2.75, 3.05) is 0 Å². The summed E-state index contributed by atoms with van der Waals surface area (Å²) in [6, 6.07) is 12.4. The number of benzene rings is 2. The lowest BCUT2D eigenvalue weighted by molar-refractivity contribution is 1.37. The Hall–Kier alpha value is -0.980. The highest BCUT2D eigenvalue weighted by Crippen LogP contribution is 2.30. The second-order valence-electron chi connectivity index (χ2n) is 4.32. The van der Waals surface area contributed by atoms with E-state index < -0.39 is 0 Å². The lowest BCUT2D eigenvalue weighted by Gasteiger charge is -2.09. The normalized spacial score (nSPS) is 10.6. The molecule has 0 saturated carbocycles. The second kappa shape index (κ2) is 5.12. The first kappa shape index (κ1) is 12.5. The molecule has 0 bridgehead atoms. The molecule has 0 heterocycles. The molecular weight excluding hydrogens is 251 g/mol. The predicted octanol–water partition coefficient (Wildman–Crippen LogP) is 5.36. The average Bonchev–Trinajstić information content (AvgIpc) is 2.28. The molecule has 0 atom stereocenters. The average molecular weight is 265 g/mol. The van der Waals surface area contributed by atoms with Gasteiger partial charge >= 0.3 is 0 Å². The van der Waals surface area contributed by atoms with E-state index in [1.165, 1.54) is 11.1 Å². The molecule has 2 heteroatoms. The van der Waals surface area contributed by atoms with Crippen molar-refractivity contribution >= 4 is 23.2 Å². The number of halogens is 2. The van der Waals surface area contributed by atoms with Gasteiger partial charge in [0.1, 0.15) is 0 Å². The molecule has 0 nitrogen and oxygen atoms in total. The van der Waals surface area contributed by atoms with Crippen LogP contribution >= 0.6 is 23.2 Å². The maximum atomic E-state index is 6.25. The summed E-state index contributed by atoms with van der Waals surface area (Å²) in [5.41, 5.74) is 5.78.